The van der Waals surface area contributed by atoms with Gasteiger partial charge in [0.05, 0.1) is 12.8 Å². The molecule has 10 heteroatoms. The van der Waals surface area contributed by atoms with Crippen molar-refractivity contribution in [1.82, 2.24) is 5.48 Å². The molecule has 182 valence electrons. The molecule has 2 fully saturated rings. The van der Waals surface area contributed by atoms with Crippen LogP contribution in [-0.2, 0) is 14.4 Å². The Kier molecular flexibility index (Phi) is 7.11. The fourth-order valence-corrected chi connectivity index (χ4v) is 4.20. The number of ether oxygens (including phenoxy) is 1. The Morgan fingerprint density at radius 2 is 1.63 bits per heavy atom. The van der Waals surface area contributed by atoms with Gasteiger partial charge in [0, 0.05) is 36.5 Å². The second kappa shape index (κ2) is 10.4. The molecule has 2 aliphatic heterocycles. The molecule has 0 atom stereocenters. The van der Waals surface area contributed by atoms with Crippen LogP contribution in [0, 0.1) is 0 Å². The Balaban J connectivity index is 1.67. The van der Waals surface area contributed by atoms with Crippen LogP contribution in [0.1, 0.15) is 25.7 Å². The predicted molar refractivity (Wildman–Crippen MR) is 131 cm³/mol. The van der Waals surface area contributed by atoms with Gasteiger partial charge in [0.1, 0.15) is 17.2 Å². The number of aliphatic imine (C=N–C) groups is 1. The number of nitrogens with two attached hydrogens (primary N) is 1. The summed E-state index contributed by atoms with van der Waals surface area (Å²) < 4.78 is 5.16. The van der Waals surface area contributed by atoms with Gasteiger partial charge < -0.3 is 20.3 Å². The molecule has 2 aromatic carbocycles. The largest absolute Gasteiger partial charge is 0.497 e. The minimum atomic E-state index is -0.903. The number of piperidine rings is 2. The van der Waals surface area contributed by atoms with Crippen LogP contribution < -0.4 is 25.8 Å². The number of anilines is 2. The van der Waals surface area contributed by atoms with Crippen molar-refractivity contribution in [2.24, 2.45) is 10.7 Å². The lowest BCUT2D eigenvalue weighted by molar-refractivity contribution is -0.125. The highest BCUT2D eigenvalue weighted by Crippen LogP contribution is 2.29. The van der Waals surface area contributed by atoms with Crippen LogP contribution in [0.4, 0.5) is 17.1 Å². The summed E-state index contributed by atoms with van der Waals surface area (Å²) in [6.07, 6.45) is 2.66. The normalized spacial score (nSPS) is 19.1. The number of amides is 3. The van der Waals surface area contributed by atoms with Crippen molar-refractivity contribution in [2.45, 2.75) is 25.7 Å². The zero-order valence-corrected chi connectivity index (χ0v) is 19.4. The third-order valence-corrected chi connectivity index (χ3v) is 6.10. The number of hydroxylamine groups is 1. The highest BCUT2D eigenvalue weighted by Gasteiger charge is 2.33. The summed E-state index contributed by atoms with van der Waals surface area (Å²) in [6, 6.07) is 14.0. The molecule has 0 saturated carbocycles. The molecule has 0 unspecified atom stereocenters. The first-order valence-electron chi connectivity index (χ1n) is 11.3. The van der Waals surface area contributed by atoms with E-state index in [9.17, 15) is 14.4 Å². The van der Waals surface area contributed by atoms with Crippen LogP contribution in [-0.4, -0.2) is 48.8 Å². The summed E-state index contributed by atoms with van der Waals surface area (Å²) in [6.45, 7) is 0.942. The smallest absolute Gasteiger partial charge is 0.290 e. The molecule has 35 heavy (non-hydrogen) atoms. The third kappa shape index (κ3) is 5.02. The molecule has 2 heterocycles. The molecule has 0 spiro atoms. The van der Waals surface area contributed by atoms with Crippen molar-refractivity contribution in [3.05, 3.63) is 59.8 Å². The van der Waals surface area contributed by atoms with Gasteiger partial charge in [-0.1, -0.05) is 0 Å². The Morgan fingerprint density at radius 3 is 2.23 bits per heavy atom. The first-order chi connectivity index (χ1) is 16.9. The van der Waals surface area contributed by atoms with Crippen LogP contribution in [0.15, 0.2) is 64.8 Å². The fourth-order valence-electron chi connectivity index (χ4n) is 4.20. The zero-order chi connectivity index (χ0) is 24.9. The standard InChI is InChI=1S/C25H27N5O5/c1-35-19-11-5-16(6-12-19)27-23-20(22(26)24(32)28-34)13-15-30(25(23)33)18-9-7-17(8-10-18)29-14-3-2-4-21(29)31/h5-12,34H,2-4,13-15,26H2,1H3,(H,28,32). The average Bonchev–Trinajstić information content (AvgIpc) is 2.90. The quantitative estimate of drug-likeness (QED) is 0.344. The lowest BCUT2D eigenvalue weighted by atomic mass is 9.97. The van der Waals surface area contributed by atoms with E-state index >= 15 is 0 Å². The molecule has 0 radical (unpaired) electrons. The highest BCUT2D eigenvalue weighted by molar-refractivity contribution is 6.51. The van der Waals surface area contributed by atoms with E-state index in [0.717, 1.165) is 18.5 Å². The molecule has 10 nitrogen and oxygen atoms in total. The van der Waals surface area contributed by atoms with Crippen molar-refractivity contribution >= 4 is 40.5 Å². The highest BCUT2D eigenvalue weighted by atomic mass is 16.5. The van der Waals surface area contributed by atoms with E-state index in [4.69, 9.17) is 15.7 Å². The maximum absolute atomic E-state index is 13.5. The average molecular weight is 478 g/mol. The monoisotopic (exact) mass is 477 g/mol. The second-order valence-corrected chi connectivity index (χ2v) is 8.22. The topological polar surface area (TPSA) is 138 Å². The number of nitrogens with zero attached hydrogens (tertiary/aromatic N) is 3. The van der Waals surface area contributed by atoms with Crippen LogP contribution in [0.5, 0.6) is 5.75 Å². The van der Waals surface area contributed by atoms with E-state index in [1.165, 1.54) is 5.48 Å². The van der Waals surface area contributed by atoms with Gasteiger partial charge >= 0.3 is 0 Å². The van der Waals surface area contributed by atoms with Gasteiger partial charge in [-0.3, -0.25) is 19.6 Å². The van der Waals surface area contributed by atoms with Gasteiger partial charge in [0.2, 0.25) is 5.91 Å². The van der Waals surface area contributed by atoms with Crippen LogP contribution in [0.25, 0.3) is 0 Å². The Morgan fingerprint density at radius 1 is 0.971 bits per heavy atom. The van der Waals surface area contributed by atoms with Gasteiger partial charge in [0.25, 0.3) is 11.8 Å². The van der Waals surface area contributed by atoms with Crippen LogP contribution in [0.2, 0.25) is 0 Å². The van der Waals surface area contributed by atoms with Crippen molar-refractivity contribution in [3.63, 3.8) is 0 Å². The van der Waals surface area contributed by atoms with Crippen LogP contribution in [0.3, 0.4) is 0 Å². The predicted octanol–water partition coefficient (Wildman–Crippen LogP) is 2.44. The maximum atomic E-state index is 13.5. The number of methoxy groups -OCH3 is 1. The van der Waals surface area contributed by atoms with Gasteiger partial charge in [-0.25, -0.2) is 10.5 Å². The molecule has 4 N–H and O–H groups in total. The number of carbonyl (C=O) groups is 3. The van der Waals surface area contributed by atoms with E-state index in [1.54, 1.807) is 53.3 Å². The number of benzene rings is 2. The lowest BCUT2D eigenvalue weighted by Crippen LogP contribution is -2.45. The minimum Gasteiger partial charge on any atom is -0.497 e. The first kappa shape index (κ1) is 24.0. The summed E-state index contributed by atoms with van der Waals surface area (Å²) in [5.41, 5.74) is 9.36. The number of carbonyl (C=O) groups excluding carboxylic acids is 3. The Labute approximate surface area is 202 Å². The van der Waals surface area contributed by atoms with Crippen molar-refractivity contribution < 1.29 is 24.3 Å². The lowest BCUT2D eigenvalue weighted by Gasteiger charge is -2.31. The van der Waals surface area contributed by atoms with E-state index < -0.39 is 11.8 Å². The Hall–Kier alpha value is -4.18. The van der Waals surface area contributed by atoms with Crippen molar-refractivity contribution in [1.29, 1.82) is 0 Å². The van der Waals surface area contributed by atoms with E-state index in [1.807, 2.05) is 12.1 Å². The molecule has 2 aliphatic rings. The third-order valence-electron chi connectivity index (χ3n) is 6.10. The molecule has 0 aliphatic carbocycles. The van der Waals surface area contributed by atoms with Gasteiger partial charge in [-0.15, -0.1) is 0 Å². The number of nitrogens with one attached hydrogen (secondary N) is 1. The van der Waals surface area contributed by atoms with Crippen molar-refractivity contribution in [2.75, 3.05) is 30.0 Å². The van der Waals surface area contributed by atoms with E-state index in [2.05, 4.69) is 4.99 Å². The van der Waals surface area contributed by atoms with Crippen LogP contribution >= 0.6 is 0 Å². The number of rotatable bonds is 5. The summed E-state index contributed by atoms with van der Waals surface area (Å²) in [5.74, 6) is -0.607. The molecule has 4 rings (SSSR count). The van der Waals surface area contributed by atoms with Gasteiger partial charge in [-0.2, -0.15) is 0 Å². The molecule has 0 aromatic heterocycles. The van der Waals surface area contributed by atoms with Gasteiger partial charge in [-0.05, 0) is 67.8 Å². The van der Waals surface area contributed by atoms with Gasteiger partial charge in [0.15, 0.2) is 0 Å². The molecule has 2 aromatic rings. The molecule has 3 amide bonds. The number of hydrogen-bond acceptors (Lipinski definition) is 7. The first-order valence-corrected chi connectivity index (χ1v) is 11.3. The zero-order valence-electron chi connectivity index (χ0n) is 19.4. The molecular weight excluding hydrogens is 450 g/mol. The summed E-state index contributed by atoms with van der Waals surface area (Å²) in [7, 11) is 1.55. The fraction of sp³-hybridized carbons (Fsp3) is 0.280. The van der Waals surface area contributed by atoms with E-state index in [-0.39, 0.29) is 35.9 Å². The van der Waals surface area contributed by atoms with Crippen molar-refractivity contribution in [3.8, 4) is 5.75 Å². The van der Waals surface area contributed by atoms with E-state index in [0.29, 0.717) is 30.1 Å². The minimum absolute atomic E-state index is 0.0119. The summed E-state index contributed by atoms with van der Waals surface area (Å²) in [4.78, 5) is 45.6. The molecule has 0 bridgehead atoms. The number of hydrogen-bond donors (Lipinski definition) is 3. The maximum Gasteiger partial charge on any atom is 0.290 e. The Bertz CT molecular complexity index is 1190. The summed E-state index contributed by atoms with van der Waals surface area (Å²) >= 11 is 0. The summed E-state index contributed by atoms with van der Waals surface area (Å²) in [5, 5.41) is 9.03. The molecular formula is C25H27N5O5. The molecule has 2 saturated heterocycles. The SMILES string of the molecule is COc1ccc(N=C2C(=O)N(c3ccc(N4CCCCC4=O)cc3)CCC2=C(N)C(=O)NO)cc1. The second-order valence-electron chi connectivity index (χ2n) is 8.22.